The van der Waals surface area contributed by atoms with Gasteiger partial charge in [-0.15, -0.1) is 0 Å². The van der Waals surface area contributed by atoms with Gasteiger partial charge in [-0.1, -0.05) is 38.8 Å². The maximum atomic E-state index is 12.0. The van der Waals surface area contributed by atoms with Crippen molar-refractivity contribution in [3.05, 3.63) is 29.8 Å². The third-order valence-electron chi connectivity index (χ3n) is 3.57. The summed E-state index contributed by atoms with van der Waals surface area (Å²) in [4.78, 5) is 22.5. The Labute approximate surface area is 136 Å². The third-order valence-corrected chi connectivity index (χ3v) is 4.60. The van der Waals surface area contributed by atoms with Gasteiger partial charge in [-0.05, 0) is 23.6 Å². The van der Waals surface area contributed by atoms with E-state index in [1.807, 2.05) is 24.3 Å². The van der Waals surface area contributed by atoms with Crippen LogP contribution in [0.25, 0.3) is 0 Å². The Balaban J connectivity index is 2.46. The second-order valence-corrected chi connectivity index (χ2v) is 6.44. The SMILES string of the molecule is CCC(CC)CC(=O)Nc1cccc(CSCCC(=O)O)c1. The van der Waals surface area contributed by atoms with Crippen molar-refractivity contribution in [2.75, 3.05) is 11.1 Å². The number of carboxylic acids is 1. The molecule has 122 valence electrons. The number of benzene rings is 1. The van der Waals surface area contributed by atoms with Gasteiger partial charge in [0.1, 0.15) is 0 Å². The van der Waals surface area contributed by atoms with E-state index >= 15 is 0 Å². The summed E-state index contributed by atoms with van der Waals surface area (Å²) in [6.07, 6.45) is 2.77. The molecular weight excluding hydrogens is 298 g/mol. The van der Waals surface area contributed by atoms with Crippen LogP contribution < -0.4 is 5.32 Å². The van der Waals surface area contributed by atoms with Crippen LogP contribution in [-0.2, 0) is 15.3 Å². The second kappa shape index (κ2) is 10.3. The smallest absolute Gasteiger partial charge is 0.304 e. The molecule has 0 aliphatic rings. The zero-order chi connectivity index (χ0) is 16.4. The van der Waals surface area contributed by atoms with Gasteiger partial charge < -0.3 is 10.4 Å². The highest BCUT2D eigenvalue weighted by atomic mass is 32.2. The maximum absolute atomic E-state index is 12.0. The molecule has 0 fully saturated rings. The highest BCUT2D eigenvalue weighted by Gasteiger charge is 2.10. The van der Waals surface area contributed by atoms with Gasteiger partial charge >= 0.3 is 5.97 Å². The minimum atomic E-state index is -0.769. The molecule has 1 rings (SSSR count). The molecule has 0 unspecified atom stereocenters. The Morgan fingerprint density at radius 3 is 2.64 bits per heavy atom. The zero-order valence-electron chi connectivity index (χ0n) is 13.3. The van der Waals surface area contributed by atoms with Crippen LogP contribution in [0.15, 0.2) is 24.3 Å². The molecule has 0 saturated carbocycles. The van der Waals surface area contributed by atoms with Crippen molar-refractivity contribution in [3.8, 4) is 0 Å². The summed E-state index contributed by atoms with van der Waals surface area (Å²) < 4.78 is 0. The summed E-state index contributed by atoms with van der Waals surface area (Å²) in [5, 5.41) is 11.6. The third kappa shape index (κ3) is 7.50. The molecule has 0 radical (unpaired) electrons. The fraction of sp³-hybridized carbons (Fsp3) is 0.529. The molecule has 0 saturated heterocycles. The van der Waals surface area contributed by atoms with Gasteiger partial charge in [-0.3, -0.25) is 9.59 Å². The Bertz CT molecular complexity index is 487. The molecule has 0 aliphatic carbocycles. The number of hydrogen-bond donors (Lipinski definition) is 2. The number of nitrogens with one attached hydrogen (secondary N) is 1. The number of carbonyl (C=O) groups is 2. The molecule has 0 atom stereocenters. The summed E-state index contributed by atoms with van der Waals surface area (Å²) in [5.74, 6) is 1.08. The van der Waals surface area contributed by atoms with Crippen LogP contribution in [0.2, 0.25) is 0 Å². The monoisotopic (exact) mass is 323 g/mol. The van der Waals surface area contributed by atoms with Crippen LogP contribution in [0.3, 0.4) is 0 Å². The Kier molecular flexibility index (Phi) is 8.67. The molecule has 4 nitrogen and oxygen atoms in total. The van der Waals surface area contributed by atoms with Crippen molar-refractivity contribution >= 4 is 29.3 Å². The van der Waals surface area contributed by atoms with E-state index in [0.717, 1.165) is 29.8 Å². The van der Waals surface area contributed by atoms with E-state index in [0.29, 0.717) is 18.1 Å². The highest BCUT2D eigenvalue weighted by Crippen LogP contribution is 2.19. The van der Waals surface area contributed by atoms with Gasteiger partial charge in [0.05, 0.1) is 6.42 Å². The molecule has 22 heavy (non-hydrogen) atoms. The van der Waals surface area contributed by atoms with Crippen LogP contribution in [-0.4, -0.2) is 22.7 Å². The van der Waals surface area contributed by atoms with E-state index in [-0.39, 0.29) is 12.3 Å². The van der Waals surface area contributed by atoms with Crippen LogP contribution in [0.1, 0.15) is 45.1 Å². The van der Waals surface area contributed by atoms with Crippen molar-refractivity contribution in [1.29, 1.82) is 0 Å². The molecule has 0 spiro atoms. The lowest BCUT2D eigenvalue weighted by Gasteiger charge is -2.12. The minimum absolute atomic E-state index is 0.0596. The highest BCUT2D eigenvalue weighted by molar-refractivity contribution is 7.98. The summed E-state index contributed by atoms with van der Waals surface area (Å²) in [6.45, 7) is 4.22. The topological polar surface area (TPSA) is 66.4 Å². The maximum Gasteiger partial charge on any atom is 0.304 e. The Hall–Kier alpha value is -1.49. The number of hydrogen-bond acceptors (Lipinski definition) is 3. The van der Waals surface area contributed by atoms with Gasteiger partial charge in [0.25, 0.3) is 0 Å². The summed E-state index contributed by atoms with van der Waals surface area (Å²) >= 11 is 1.59. The van der Waals surface area contributed by atoms with E-state index in [1.165, 1.54) is 0 Å². The quantitative estimate of drug-likeness (QED) is 0.635. The van der Waals surface area contributed by atoms with Crippen molar-refractivity contribution in [2.24, 2.45) is 5.92 Å². The molecule has 0 heterocycles. The summed E-state index contributed by atoms with van der Waals surface area (Å²) in [5.41, 5.74) is 1.91. The van der Waals surface area contributed by atoms with E-state index in [2.05, 4.69) is 19.2 Å². The number of carbonyl (C=O) groups excluding carboxylic acids is 1. The van der Waals surface area contributed by atoms with Gasteiger partial charge in [0, 0.05) is 23.6 Å². The first-order chi connectivity index (χ1) is 10.5. The second-order valence-electron chi connectivity index (χ2n) is 5.33. The standard InChI is InChI=1S/C17H25NO3S/c1-3-13(4-2)11-16(19)18-15-7-5-6-14(10-15)12-22-9-8-17(20)21/h5-7,10,13H,3-4,8-9,11-12H2,1-2H3,(H,18,19)(H,20,21). The lowest BCUT2D eigenvalue weighted by molar-refractivity contribution is -0.136. The van der Waals surface area contributed by atoms with Crippen LogP contribution in [0, 0.1) is 5.92 Å². The normalized spacial score (nSPS) is 10.7. The Morgan fingerprint density at radius 2 is 2.00 bits per heavy atom. The molecular formula is C17H25NO3S. The molecule has 0 aliphatic heterocycles. The fourth-order valence-electron chi connectivity index (χ4n) is 2.14. The number of rotatable bonds is 10. The number of anilines is 1. The molecule has 1 aromatic carbocycles. The van der Waals surface area contributed by atoms with E-state index in [9.17, 15) is 9.59 Å². The predicted octanol–water partition coefficient (Wildman–Crippen LogP) is 4.16. The molecule has 1 aromatic rings. The van der Waals surface area contributed by atoms with Gasteiger partial charge in [-0.2, -0.15) is 11.8 Å². The molecule has 5 heteroatoms. The lowest BCUT2D eigenvalue weighted by Crippen LogP contribution is -2.16. The van der Waals surface area contributed by atoms with E-state index in [1.54, 1.807) is 11.8 Å². The first-order valence-electron chi connectivity index (χ1n) is 7.73. The number of carboxylic acid groups (broad SMARTS) is 1. The largest absolute Gasteiger partial charge is 0.481 e. The first kappa shape index (κ1) is 18.6. The number of amides is 1. The molecule has 1 amide bonds. The average Bonchev–Trinajstić information content (AvgIpc) is 2.49. The Morgan fingerprint density at radius 1 is 1.27 bits per heavy atom. The van der Waals surface area contributed by atoms with Crippen LogP contribution in [0.4, 0.5) is 5.69 Å². The van der Waals surface area contributed by atoms with E-state index < -0.39 is 5.97 Å². The van der Waals surface area contributed by atoms with E-state index in [4.69, 9.17) is 5.11 Å². The van der Waals surface area contributed by atoms with Crippen LogP contribution >= 0.6 is 11.8 Å². The summed E-state index contributed by atoms with van der Waals surface area (Å²) in [6, 6.07) is 7.75. The fourth-order valence-corrected chi connectivity index (χ4v) is 3.02. The molecule has 0 aromatic heterocycles. The average molecular weight is 323 g/mol. The van der Waals surface area contributed by atoms with Crippen molar-refractivity contribution in [3.63, 3.8) is 0 Å². The first-order valence-corrected chi connectivity index (χ1v) is 8.88. The van der Waals surface area contributed by atoms with Crippen molar-refractivity contribution < 1.29 is 14.7 Å². The predicted molar refractivity (Wildman–Crippen MR) is 92.2 cm³/mol. The number of thioether (sulfide) groups is 1. The molecule has 2 N–H and O–H groups in total. The van der Waals surface area contributed by atoms with Crippen molar-refractivity contribution in [2.45, 2.75) is 45.3 Å². The minimum Gasteiger partial charge on any atom is -0.481 e. The van der Waals surface area contributed by atoms with Gasteiger partial charge in [-0.25, -0.2) is 0 Å². The zero-order valence-corrected chi connectivity index (χ0v) is 14.1. The van der Waals surface area contributed by atoms with Gasteiger partial charge in [0.15, 0.2) is 0 Å². The van der Waals surface area contributed by atoms with Gasteiger partial charge in [0.2, 0.25) is 5.91 Å². The lowest BCUT2D eigenvalue weighted by atomic mass is 9.99. The summed E-state index contributed by atoms with van der Waals surface area (Å²) in [7, 11) is 0. The number of aliphatic carboxylic acids is 1. The van der Waals surface area contributed by atoms with Crippen LogP contribution in [0.5, 0.6) is 0 Å². The van der Waals surface area contributed by atoms with Crippen molar-refractivity contribution in [1.82, 2.24) is 0 Å². The molecule has 0 bridgehead atoms.